The molecule has 40 heavy (non-hydrogen) atoms. The summed E-state index contributed by atoms with van der Waals surface area (Å²) in [6, 6.07) is 12.5. The van der Waals surface area contributed by atoms with E-state index in [2.05, 4.69) is 32.0 Å². The maximum absolute atomic E-state index is 15.5. The Morgan fingerprint density at radius 1 is 0.775 bits per heavy atom. The lowest BCUT2D eigenvalue weighted by molar-refractivity contribution is 0.302. The summed E-state index contributed by atoms with van der Waals surface area (Å²) in [7, 11) is 1.53. The van der Waals surface area contributed by atoms with E-state index >= 15 is 4.39 Å². The zero-order valence-electron chi connectivity index (χ0n) is 25.7. The largest absolute Gasteiger partial charge is 0.493 e. The molecule has 220 valence electrons. The molecule has 0 atom stereocenters. The number of hydrogen-bond acceptors (Lipinski definition) is 2. The number of hydrogen-bond donors (Lipinski definition) is 0. The Kier molecular flexibility index (Phi) is 14.6. The first kappa shape index (κ1) is 32.2. The topological polar surface area (TPSA) is 33.0 Å². The molecular weight excluding hydrogens is 493 g/mol. The molecule has 2 nitrogen and oxygen atoms in total. The Morgan fingerprint density at radius 3 is 2.00 bits per heavy atom. The van der Waals surface area contributed by atoms with Crippen LogP contribution in [0.5, 0.6) is 5.75 Å². The minimum atomic E-state index is -0.274. The lowest BCUT2D eigenvalue weighted by Gasteiger charge is -2.29. The van der Waals surface area contributed by atoms with Gasteiger partial charge >= 0.3 is 0 Å². The van der Waals surface area contributed by atoms with Crippen LogP contribution in [0.25, 0.3) is 11.1 Å². The summed E-state index contributed by atoms with van der Waals surface area (Å²) in [5, 5.41) is 10.0. The first-order chi connectivity index (χ1) is 19.6. The highest BCUT2D eigenvalue weighted by atomic mass is 19.1. The minimum absolute atomic E-state index is 0.265. The van der Waals surface area contributed by atoms with Gasteiger partial charge < -0.3 is 4.74 Å². The van der Waals surface area contributed by atoms with Gasteiger partial charge in [0.1, 0.15) is 0 Å². The van der Waals surface area contributed by atoms with Gasteiger partial charge in [0.05, 0.1) is 18.7 Å². The molecule has 0 saturated heterocycles. The van der Waals surface area contributed by atoms with Gasteiger partial charge in [0.2, 0.25) is 0 Å². The molecule has 0 heterocycles. The Bertz CT molecular complexity index is 1050. The van der Waals surface area contributed by atoms with Gasteiger partial charge in [-0.3, -0.25) is 0 Å². The summed E-state index contributed by atoms with van der Waals surface area (Å²) < 4.78 is 21.1. The van der Waals surface area contributed by atoms with Crippen molar-refractivity contribution in [2.75, 3.05) is 7.11 Å². The number of ether oxygens (including phenoxy) is 1. The molecule has 0 amide bonds. The lowest BCUT2D eigenvalue weighted by atomic mass is 9.76. The molecule has 2 aromatic carbocycles. The fraction of sp³-hybridized carbons (Fsp3) is 0.649. The van der Waals surface area contributed by atoms with Crippen molar-refractivity contribution < 1.29 is 9.13 Å². The molecular formula is C37H54FNO. The molecule has 3 rings (SSSR count). The van der Waals surface area contributed by atoms with Crippen LogP contribution in [-0.2, 0) is 6.42 Å². The molecule has 0 radical (unpaired) electrons. The van der Waals surface area contributed by atoms with E-state index in [1.54, 1.807) is 0 Å². The zero-order valence-corrected chi connectivity index (χ0v) is 25.7. The van der Waals surface area contributed by atoms with E-state index in [1.807, 2.05) is 18.2 Å². The van der Waals surface area contributed by atoms with Crippen LogP contribution >= 0.6 is 0 Å². The molecule has 2 aromatic rings. The maximum atomic E-state index is 15.5. The van der Waals surface area contributed by atoms with Crippen LogP contribution in [0.4, 0.5) is 4.39 Å². The summed E-state index contributed by atoms with van der Waals surface area (Å²) >= 11 is 0. The second-order valence-electron chi connectivity index (χ2n) is 12.2. The van der Waals surface area contributed by atoms with Gasteiger partial charge in [0, 0.05) is 11.1 Å². The lowest BCUT2D eigenvalue weighted by Crippen LogP contribution is -2.13. The predicted molar refractivity (Wildman–Crippen MR) is 167 cm³/mol. The second-order valence-corrected chi connectivity index (χ2v) is 12.2. The summed E-state index contributed by atoms with van der Waals surface area (Å²) in [4.78, 5) is 0. The van der Waals surface area contributed by atoms with Gasteiger partial charge in [-0.1, -0.05) is 122 Å². The molecule has 0 aliphatic heterocycles. The molecule has 0 spiro atoms. The smallest absolute Gasteiger partial charge is 0.168 e. The Hall–Kier alpha value is -2.34. The third kappa shape index (κ3) is 9.64. The number of benzene rings is 2. The molecule has 0 N–H and O–H groups in total. The highest BCUT2D eigenvalue weighted by molar-refractivity contribution is 5.77. The number of unbranched alkanes of at least 4 members (excludes halogenated alkanes) is 11. The van der Waals surface area contributed by atoms with Crippen molar-refractivity contribution >= 4 is 0 Å². The van der Waals surface area contributed by atoms with E-state index in [1.165, 1.54) is 115 Å². The van der Waals surface area contributed by atoms with Crippen LogP contribution in [0.3, 0.4) is 0 Å². The molecule has 1 aliphatic rings. The number of methoxy groups -OCH3 is 1. The fourth-order valence-electron chi connectivity index (χ4n) is 6.62. The van der Waals surface area contributed by atoms with Crippen LogP contribution < -0.4 is 4.74 Å². The standard InChI is InChI=1S/C37H54FNO/c1-4-6-8-10-11-12-14-16-18-31-23-26-35(37(40-3)36(31)38)34-25-24-32(27-33(34)28-39)30-21-19-29(20-22-30)17-15-13-9-7-5-2/h23-27,29-30H,4-22H2,1-3H3. The van der Waals surface area contributed by atoms with Crippen molar-refractivity contribution in [1.82, 2.24) is 0 Å². The third-order valence-corrected chi connectivity index (χ3v) is 9.17. The molecule has 3 heteroatoms. The van der Waals surface area contributed by atoms with E-state index < -0.39 is 0 Å². The first-order valence-electron chi connectivity index (χ1n) is 16.5. The van der Waals surface area contributed by atoms with Crippen LogP contribution in [-0.4, -0.2) is 7.11 Å². The zero-order chi connectivity index (χ0) is 28.6. The van der Waals surface area contributed by atoms with Crippen LogP contribution in [0.1, 0.15) is 152 Å². The summed E-state index contributed by atoms with van der Waals surface area (Å²) in [6.07, 6.45) is 23.8. The van der Waals surface area contributed by atoms with Crippen LogP contribution in [0.15, 0.2) is 30.3 Å². The van der Waals surface area contributed by atoms with Gasteiger partial charge in [-0.05, 0) is 67.6 Å². The summed E-state index contributed by atoms with van der Waals surface area (Å²) in [5.74, 6) is 1.37. The molecule has 1 fully saturated rings. The van der Waals surface area contributed by atoms with Crippen LogP contribution in [0.2, 0.25) is 0 Å². The normalized spacial score (nSPS) is 17.1. The maximum Gasteiger partial charge on any atom is 0.168 e. The predicted octanol–water partition coefficient (Wildman–Crippen LogP) is 11.7. The number of aryl methyl sites for hydroxylation is 1. The molecule has 0 aromatic heterocycles. The van der Waals surface area contributed by atoms with Crippen molar-refractivity contribution in [3.05, 3.63) is 52.8 Å². The molecule has 1 aliphatic carbocycles. The van der Waals surface area contributed by atoms with Crippen molar-refractivity contribution in [3.8, 4) is 22.9 Å². The highest BCUT2D eigenvalue weighted by Crippen LogP contribution is 2.41. The molecule has 0 bridgehead atoms. The van der Waals surface area contributed by atoms with E-state index in [0.29, 0.717) is 22.6 Å². The Balaban J connectivity index is 1.59. The average molecular weight is 548 g/mol. The number of nitriles is 1. The Labute approximate surface area is 244 Å². The van der Waals surface area contributed by atoms with Gasteiger partial charge in [-0.2, -0.15) is 5.26 Å². The second kappa shape index (κ2) is 18.2. The monoisotopic (exact) mass is 547 g/mol. The number of rotatable bonds is 18. The van der Waals surface area contributed by atoms with Gasteiger partial charge in [0.15, 0.2) is 11.6 Å². The number of halogens is 1. The van der Waals surface area contributed by atoms with Gasteiger partial charge in [-0.15, -0.1) is 0 Å². The van der Waals surface area contributed by atoms with Crippen molar-refractivity contribution in [1.29, 1.82) is 5.26 Å². The van der Waals surface area contributed by atoms with Gasteiger partial charge in [0.25, 0.3) is 0 Å². The van der Waals surface area contributed by atoms with Crippen molar-refractivity contribution in [2.24, 2.45) is 5.92 Å². The van der Waals surface area contributed by atoms with E-state index in [9.17, 15) is 5.26 Å². The highest BCUT2D eigenvalue weighted by Gasteiger charge is 2.24. The molecule has 1 saturated carbocycles. The Morgan fingerprint density at radius 2 is 1.38 bits per heavy atom. The van der Waals surface area contributed by atoms with E-state index in [-0.39, 0.29) is 11.6 Å². The number of nitrogens with zero attached hydrogens (tertiary/aromatic N) is 1. The summed E-state index contributed by atoms with van der Waals surface area (Å²) in [5.41, 5.74) is 4.02. The van der Waals surface area contributed by atoms with E-state index in [4.69, 9.17) is 4.74 Å². The third-order valence-electron chi connectivity index (χ3n) is 9.17. The SMILES string of the molecule is CCCCCCCCCCc1ccc(-c2ccc(C3CCC(CCCCCCC)CC3)cc2C#N)c(OC)c1F. The van der Waals surface area contributed by atoms with Crippen LogP contribution in [0, 0.1) is 23.1 Å². The molecule has 0 unspecified atom stereocenters. The fourth-order valence-corrected chi connectivity index (χ4v) is 6.62. The van der Waals surface area contributed by atoms with Crippen molar-refractivity contribution in [2.45, 2.75) is 142 Å². The van der Waals surface area contributed by atoms with E-state index in [0.717, 1.165) is 30.7 Å². The quantitative estimate of drug-likeness (QED) is 0.174. The first-order valence-corrected chi connectivity index (χ1v) is 16.5. The average Bonchev–Trinajstić information content (AvgIpc) is 2.99. The van der Waals surface area contributed by atoms with Gasteiger partial charge in [-0.25, -0.2) is 4.39 Å². The summed E-state index contributed by atoms with van der Waals surface area (Å²) in [6.45, 7) is 4.52. The minimum Gasteiger partial charge on any atom is -0.493 e. The van der Waals surface area contributed by atoms with Crippen molar-refractivity contribution in [3.63, 3.8) is 0 Å².